The van der Waals surface area contributed by atoms with E-state index >= 15 is 0 Å². The quantitative estimate of drug-likeness (QED) is 0.815. The first-order valence-corrected chi connectivity index (χ1v) is 5.30. The van der Waals surface area contributed by atoms with Crippen molar-refractivity contribution in [1.82, 2.24) is 5.32 Å². The van der Waals surface area contributed by atoms with Crippen molar-refractivity contribution in [2.45, 2.75) is 25.9 Å². The topological polar surface area (TPSA) is 12.0 Å². The van der Waals surface area contributed by atoms with Crippen molar-refractivity contribution >= 4 is 15.9 Å². The van der Waals surface area contributed by atoms with Gasteiger partial charge in [-0.3, -0.25) is 5.32 Å². The summed E-state index contributed by atoms with van der Waals surface area (Å²) in [5.41, 5.74) is 0.977. The summed E-state index contributed by atoms with van der Waals surface area (Å²) in [6.45, 7) is 4.77. The van der Waals surface area contributed by atoms with E-state index in [1.165, 1.54) is 5.56 Å². The monoisotopic (exact) mass is 251 g/mol. The fourth-order valence-electron chi connectivity index (χ4n) is 1.02. The van der Waals surface area contributed by atoms with E-state index in [-0.39, 0.29) is 5.54 Å². The van der Waals surface area contributed by atoms with Crippen LogP contribution in [0, 0.1) is 12.3 Å². The zero-order valence-corrected chi connectivity index (χ0v) is 10.1. The lowest BCUT2D eigenvalue weighted by molar-refractivity contribution is 0.491. The summed E-state index contributed by atoms with van der Waals surface area (Å²) >= 11 is 3.43. The maximum absolute atomic E-state index is 5.38. The van der Waals surface area contributed by atoms with E-state index in [0.717, 1.165) is 11.0 Å². The van der Waals surface area contributed by atoms with Gasteiger partial charge < -0.3 is 0 Å². The standard InChI is InChI=1S/C12H14BrN/c1-4-12(2,3)14-9-10-6-5-7-11(13)8-10/h1,5-8,14H,9H2,2-3H3. The molecule has 1 rings (SSSR count). The molecule has 14 heavy (non-hydrogen) atoms. The van der Waals surface area contributed by atoms with Crippen LogP contribution in [0.5, 0.6) is 0 Å². The molecule has 1 N–H and O–H groups in total. The Balaban J connectivity index is 2.59. The molecule has 0 aromatic heterocycles. The molecular weight excluding hydrogens is 238 g/mol. The second-order valence-electron chi connectivity index (χ2n) is 3.75. The van der Waals surface area contributed by atoms with Crippen molar-refractivity contribution in [3.63, 3.8) is 0 Å². The van der Waals surface area contributed by atoms with Crippen molar-refractivity contribution in [2.75, 3.05) is 0 Å². The van der Waals surface area contributed by atoms with E-state index in [0.29, 0.717) is 0 Å². The molecule has 0 aliphatic rings. The highest BCUT2D eigenvalue weighted by Gasteiger charge is 2.11. The molecule has 0 heterocycles. The van der Waals surface area contributed by atoms with E-state index in [1.807, 2.05) is 26.0 Å². The van der Waals surface area contributed by atoms with Crippen LogP contribution in [0.4, 0.5) is 0 Å². The van der Waals surface area contributed by atoms with E-state index in [2.05, 4.69) is 39.3 Å². The Labute approximate surface area is 94.0 Å². The van der Waals surface area contributed by atoms with Gasteiger partial charge in [0.25, 0.3) is 0 Å². The fraction of sp³-hybridized carbons (Fsp3) is 0.333. The Kier molecular flexibility index (Phi) is 3.74. The lowest BCUT2D eigenvalue weighted by Gasteiger charge is -2.19. The van der Waals surface area contributed by atoms with Gasteiger partial charge in [0.05, 0.1) is 5.54 Å². The molecule has 0 radical (unpaired) electrons. The minimum atomic E-state index is -0.248. The molecule has 1 aromatic rings. The maximum Gasteiger partial charge on any atom is 0.0743 e. The van der Waals surface area contributed by atoms with Gasteiger partial charge in [-0.15, -0.1) is 6.42 Å². The summed E-state index contributed by atoms with van der Waals surface area (Å²) in [4.78, 5) is 0. The van der Waals surface area contributed by atoms with E-state index in [1.54, 1.807) is 0 Å². The predicted molar refractivity (Wildman–Crippen MR) is 63.9 cm³/mol. The predicted octanol–water partition coefficient (Wildman–Crippen LogP) is 2.95. The van der Waals surface area contributed by atoms with Gasteiger partial charge >= 0.3 is 0 Å². The Morgan fingerprint density at radius 1 is 1.50 bits per heavy atom. The zero-order chi connectivity index (χ0) is 10.6. The molecule has 74 valence electrons. The number of hydrogen-bond acceptors (Lipinski definition) is 1. The Morgan fingerprint density at radius 3 is 2.79 bits per heavy atom. The molecule has 0 amide bonds. The number of terminal acetylenes is 1. The molecule has 0 saturated carbocycles. The third-order valence-corrected chi connectivity index (χ3v) is 2.48. The third-order valence-electron chi connectivity index (χ3n) is 1.98. The van der Waals surface area contributed by atoms with Crippen LogP contribution in [0.2, 0.25) is 0 Å². The first-order valence-electron chi connectivity index (χ1n) is 4.51. The van der Waals surface area contributed by atoms with Crippen molar-refractivity contribution in [3.05, 3.63) is 34.3 Å². The summed E-state index contributed by atoms with van der Waals surface area (Å²) in [7, 11) is 0. The lowest BCUT2D eigenvalue weighted by atomic mass is 10.1. The molecule has 1 nitrogen and oxygen atoms in total. The first-order chi connectivity index (χ1) is 6.53. The van der Waals surface area contributed by atoms with E-state index < -0.39 is 0 Å². The van der Waals surface area contributed by atoms with Crippen LogP contribution in [0.25, 0.3) is 0 Å². The Morgan fingerprint density at radius 2 is 2.21 bits per heavy atom. The largest absolute Gasteiger partial charge is 0.298 e. The molecule has 0 saturated heterocycles. The van der Waals surface area contributed by atoms with Crippen LogP contribution in [0.3, 0.4) is 0 Å². The molecule has 0 atom stereocenters. The van der Waals surface area contributed by atoms with E-state index in [9.17, 15) is 0 Å². The van der Waals surface area contributed by atoms with Gasteiger partial charge in [-0.2, -0.15) is 0 Å². The molecule has 0 aliphatic heterocycles. The number of halogens is 1. The summed E-state index contributed by atoms with van der Waals surface area (Å²) in [6.07, 6.45) is 5.38. The maximum atomic E-state index is 5.38. The van der Waals surface area contributed by atoms with E-state index in [4.69, 9.17) is 6.42 Å². The molecule has 0 spiro atoms. The summed E-state index contributed by atoms with van der Waals surface area (Å²) in [5.74, 6) is 2.70. The summed E-state index contributed by atoms with van der Waals surface area (Å²) < 4.78 is 1.09. The average Bonchev–Trinajstić information content (AvgIpc) is 2.15. The van der Waals surface area contributed by atoms with Crippen LogP contribution in [0.15, 0.2) is 28.7 Å². The second kappa shape index (κ2) is 4.63. The van der Waals surface area contributed by atoms with Crippen LogP contribution in [0.1, 0.15) is 19.4 Å². The molecule has 0 aliphatic carbocycles. The van der Waals surface area contributed by atoms with Gasteiger partial charge in [-0.1, -0.05) is 34.0 Å². The first kappa shape index (κ1) is 11.3. The number of benzene rings is 1. The molecule has 2 heteroatoms. The third kappa shape index (κ3) is 3.53. The van der Waals surface area contributed by atoms with Crippen molar-refractivity contribution in [2.24, 2.45) is 0 Å². The molecule has 0 bridgehead atoms. The number of nitrogens with one attached hydrogen (secondary N) is 1. The molecule has 0 unspecified atom stereocenters. The van der Waals surface area contributed by atoms with Crippen LogP contribution in [-0.4, -0.2) is 5.54 Å². The highest BCUT2D eigenvalue weighted by atomic mass is 79.9. The van der Waals surface area contributed by atoms with Crippen LogP contribution in [-0.2, 0) is 6.54 Å². The van der Waals surface area contributed by atoms with Gasteiger partial charge in [-0.25, -0.2) is 0 Å². The number of hydrogen-bond donors (Lipinski definition) is 1. The fourth-order valence-corrected chi connectivity index (χ4v) is 1.47. The van der Waals surface area contributed by atoms with Crippen molar-refractivity contribution in [1.29, 1.82) is 0 Å². The Bertz CT molecular complexity index is 350. The highest BCUT2D eigenvalue weighted by molar-refractivity contribution is 9.10. The Hall–Kier alpha value is -0.780. The normalized spacial score (nSPS) is 11.0. The van der Waals surface area contributed by atoms with Gasteiger partial charge in [-0.05, 0) is 31.5 Å². The molecular formula is C12H14BrN. The molecule has 1 aromatic carbocycles. The van der Waals surface area contributed by atoms with Gasteiger partial charge in [0.1, 0.15) is 0 Å². The second-order valence-corrected chi connectivity index (χ2v) is 4.67. The highest BCUT2D eigenvalue weighted by Crippen LogP contribution is 2.12. The minimum Gasteiger partial charge on any atom is -0.298 e. The summed E-state index contributed by atoms with van der Waals surface area (Å²) in [5, 5.41) is 3.30. The van der Waals surface area contributed by atoms with Gasteiger partial charge in [0, 0.05) is 11.0 Å². The van der Waals surface area contributed by atoms with Crippen molar-refractivity contribution < 1.29 is 0 Å². The van der Waals surface area contributed by atoms with Crippen molar-refractivity contribution in [3.8, 4) is 12.3 Å². The number of rotatable bonds is 3. The van der Waals surface area contributed by atoms with Crippen LogP contribution >= 0.6 is 15.9 Å². The summed E-state index contributed by atoms with van der Waals surface area (Å²) in [6, 6.07) is 8.18. The molecule has 0 fully saturated rings. The minimum absolute atomic E-state index is 0.248. The zero-order valence-electron chi connectivity index (χ0n) is 8.47. The van der Waals surface area contributed by atoms with Gasteiger partial charge in [0.15, 0.2) is 0 Å². The smallest absolute Gasteiger partial charge is 0.0743 e. The lowest BCUT2D eigenvalue weighted by Crippen LogP contribution is -2.36. The average molecular weight is 252 g/mol. The van der Waals surface area contributed by atoms with Gasteiger partial charge in [0.2, 0.25) is 0 Å². The van der Waals surface area contributed by atoms with Crippen LogP contribution < -0.4 is 5.32 Å². The SMILES string of the molecule is C#CC(C)(C)NCc1cccc(Br)c1.